The molecule has 2 aliphatic carbocycles. The Morgan fingerprint density at radius 1 is 0.586 bits per heavy atom. The zero-order valence-corrected chi connectivity index (χ0v) is 34.8. The molecule has 2 aliphatic heterocycles. The molecule has 304 valence electrons. The molecule has 4 N–H and O–H groups in total. The third kappa shape index (κ3) is 8.14. The summed E-state index contributed by atoms with van der Waals surface area (Å²) in [7, 11) is 3.25. The molecule has 0 unspecified atom stereocenters. The molecule has 8 rings (SSSR count). The van der Waals surface area contributed by atoms with E-state index >= 15 is 0 Å². The average Bonchev–Trinajstić information content (AvgIpc) is 4.14. The van der Waals surface area contributed by atoms with E-state index in [0.717, 1.165) is 71.2 Å². The van der Waals surface area contributed by atoms with Gasteiger partial charge in [-0.25, -0.2) is 9.97 Å². The molecule has 2 aromatic heterocycles. The smallest absolute Gasteiger partial charge is 0.251 e. The van der Waals surface area contributed by atoms with E-state index in [-0.39, 0.29) is 59.6 Å². The molecule has 58 heavy (non-hydrogen) atoms. The molecule has 0 saturated heterocycles. The Morgan fingerprint density at radius 3 is 1.28 bits per heavy atom. The zero-order chi connectivity index (χ0) is 41.4. The SMILES string of the molecule is CNC(=O)c1ccc2c(c1)[C@@H](Nc1cccc(C)n1)[C@H](C)[C@@H](C1CC1)N2C(C)=O.CNC(=O)c1ccc2c(c1)[C@H](Nc1cccc(C)n1)[C@@H](C)[C@H](C1CC1)N2C(C)=O. The summed E-state index contributed by atoms with van der Waals surface area (Å²) in [5, 5.41) is 12.6. The Hall–Kier alpha value is -5.78. The number of nitrogens with zero attached hydrogens (tertiary/aromatic N) is 4. The number of amides is 4. The molecule has 12 heteroatoms. The van der Waals surface area contributed by atoms with Crippen molar-refractivity contribution in [2.45, 2.75) is 91.4 Å². The first kappa shape index (κ1) is 40.4. The van der Waals surface area contributed by atoms with Gasteiger partial charge in [-0.05, 0) is 123 Å². The van der Waals surface area contributed by atoms with E-state index in [9.17, 15) is 19.2 Å². The van der Waals surface area contributed by atoms with Gasteiger partial charge in [-0.3, -0.25) is 19.2 Å². The topological polar surface area (TPSA) is 149 Å². The van der Waals surface area contributed by atoms with Crippen molar-refractivity contribution in [1.29, 1.82) is 0 Å². The molecule has 2 aromatic carbocycles. The minimum absolute atomic E-state index is 0.0369. The first-order valence-electron chi connectivity index (χ1n) is 20.5. The number of aryl methyl sites for hydroxylation is 2. The van der Waals surface area contributed by atoms with Crippen LogP contribution in [-0.4, -0.2) is 59.8 Å². The highest BCUT2D eigenvalue weighted by Gasteiger charge is 2.49. The van der Waals surface area contributed by atoms with E-state index in [0.29, 0.717) is 23.0 Å². The number of anilines is 4. The van der Waals surface area contributed by atoms with Gasteiger partial charge < -0.3 is 31.1 Å². The van der Waals surface area contributed by atoms with E-state index in [2.05, 4.69) is 45.1 Å². The highest BCUT2D eigenvalue weighted by atomic mass is 16.2. The first-order chi connectivity index (χ1) is 27.8. The Balaban J connectivity index is 0.000000177. The van der Waals surface area contributed by atoms with E-state index in [1.54, 1.807) is 40.1 Å². The summed E-state index contributed by atoms with van der Waals surface area (Å²) < 4.78 is 0. The average molecular weight is 785 g/mol. The normalized spacial score (nSPS) is 23.3. The van der Waals surface area contributed by atoms with Gasteiger partial charge in [-0.2, -0.15) is 0 Å². The molecule has 4 aromatic rings. The van der Waals surface area contributed by atoms with Crippen LogP contribution in [-0.2, 0) is 9.59 Å². The Kier molecular flexibility index (Phi) is 11.6. The van der Waals surface area contributed by atoms with Crippen LogP contribution in [0.4, 0.5) is 23.0 Å². The van der Waals surface area contributed by atoms with Crippen LogP contribution in [0.5, 0.6) is 0 Å². The molecule has 0 radical (unpaired) electrons. The maximum Gasteiger partial charge on any atom is 0.251 e. The Morgan fingerprint density at radius 2 is 0.966 bits per heavy atom. The van der Waals surface area contributed by atoms with Crippen molar-refractivity contribution < 1.29 is 19.2 Å². The van der Waals surface area contributed by atoms with Gasteiger partial charge in [0.15, 0.2) is 0 Å². The lowest BCUT2D eigenvalue weighted by molar-refractivity contribution is -0.118. The van der Waals surface area contributed by atoms with Crippen molar-refractivity contribution in [3.63, 3.8) is 0 Å². The predicted octanol–water partition coefficient (Wildman–Crippen LogP) is 7.37. The van der Waals surface area contributed by atoms with Crippen LogP contribution < -0.4 is 31.1 Å². The van der Waals surface area contributed by atoms with Gasteiger partial charge in [0, 0.05) is 85.8 Å². The molecular weight excluding hydrogens is 729 g/mol. The summed E-state index contributed by atoms with van der Waals surface area (Å²) in [5.74, 6) is 2.86. The lowest BCUT2D eigenvalue weighted by Gasteiger charge is -2.46. The van der Waals surface area contributed by atoms with Gasteiger partial charge in [-0.1, -0.05) is 26.0 Å². The van der Waals surface area contributed by atoms with Crippen LogP contribution in [0.1, 0.15) is 109 Å². The molecule has 4 heterocycles. The second-order valence-electron chi connectivity index (χ2n) is 16.4. The van der Waals surface area contributed by atoms with Crippen LogP contribution in [0.25, 0.3) is 0 Å². The number of aromatic nitrogens is 2. The summed E-state index contributed by atoms with van der Waals surface area (Å²) in [6, 6.07) is 23.3. The number of fused-ring (bicyclic) bond motifs is 2. The second kappa shape index (κ2) is 16.6. The fraction of sp³-hybridized carbons (Fsp3) is 0.435. The fourth-order valence-corrected chi connectivity index (χ4v) is 9.27. The maximum absolute atomic E-state index is 12.6. The standard InChI is InChI=1S/2C23H28N4O2/c2*1-13-6-5-7-20(25-13)26-21-14(2)22(16-8-9-16)27(15(3)28)19-11-10-17(12-18(19)21)23(29)24-4/h2*5-7,10-12,14,16,21-22H,8-9H2,1-4H3,(H,24,29)(H,25,26)/t2*14-,21-,22-/m10/s1. The van der Waals surface area contributed by atoms with Crippen molar-refractivity contribution in [3.8, 4) is 0 Å². The molecule has 4 amide bonds. The van der Waals surface area contributed by atoms with Crippen molar-refractivity contribution in [2.75, 3.05) is 34.5 Å². The van der Waals surface area contributed by atoms with Gasteiger partial charge in [0.05, 0.1) is 12.1 Å². The van der Waals surface area contributed by atoms with Crippen LogP contribution in [0.2, 0.25) is 0 Å². The Bertz CT molecular complexity index is 2060. The molecule has 0 bridgehead atoms. The number of pyridine rings is 2. The third-order valence-electron chi connectivity index (χ3n) is 12.2. The summed E-state index contributed by atoms with van der Waals surface area (Å²) in [5.41, 5.74) is 6.80. The summed E-state index contributed by atoms with van der Waals surface area (Å²) in [6.07, 6.45) is 4.61. The van der Waals surface area contributed by atoms with Gasteiger partial charge in [0.2, 0.25) is 11.8 Å². The van der Waals surface area contributed by atoms with Gasteiger partial charge in [-0.15, -0.1) is 0 Å². The van der Waals surface area contributed by atoms with E-state index in [1.165, 1.54) is 0 Å². The van der Waals surface area contributed by atoms with Crippen LogP contribution in [0, 0.1) is 37.5 Å². The number of rotatable bonds is 8. The first-order valence-corrected chi connectivity index (χ1v) is 20.5. The number of carbonyl (C=O) groups is 4. The number of hydrogen-bond acceptors (Lipinski definition) is 8. The third-order valence-corrected chi connectivity index (χ3v) is 12.2. The van der Waals surface area contributed by atoms with Crippen molar-refractivity contribution >= 4 is 46.6 Å². The molecular formula is C46H56N8O4. The van der Waals surface area contributed by atoms with Gasteiger partial charge in [0.1, 0.15) is 11.6 Å². The largest absolute Gasteiger partial charge is 0.363 e. The van der Waals surface area contributed by atoms with Crippen molar-refractivity contribution in [3.05, 3.63) is 106 Å². The van der Waals surface area contributed by atoms with Gasteiger partial charge >= 0.3 is 0 Å². The van der Waals surface area contributed by atoms with E-state index in [4.69, 9.17) is 0 Å². The minimum Gasteiger partial charge on any atom is -0.363 e. The second-order valence-corrected chi connectivity index (χ2v) is 16.4. The summed E-state index contributed by atoms with van der Waals surface area (Å²) in [4.78, 5) is 63.0. The molecule has 6 atom stereocenters. The number of carbonyl (C=O) groups excluding carboxylic acids is 4. The quantitative estimate of drug-likeness (QED) is 0.145. The van der Waals surface area contributed by atoms with Crippen molar-refractivity contribution in [2.24, 2.45) is 23.7 Å². The van der Waals surface area contributed by atoms with Crippen LogP contribution >= 0.6 is 0 Å². The lowest BCUT2D eigenvalue weighted by atomic mass is 9.79. The van der Waals surface area contributed by atoms with Gasteiger partial charge in [0.25, 0.3) is 11.8 Å². The highest BCUT2D eigenvalue weighted by Crippen LogP contribution is 2.51. The predicted molar refractivity (Wildman–Crippen MR) is 228 cm³/mol. The fourth-order valence-electron chi connectivity index (χ4n) is 9.27. The molecule has 4 aliphatic rings. The number of hydrogen-bond donors (Lipinski definition) is 4. The van der Waals surface area contributed by atoms with Crippen LogP contribution in [0.15, 0.2) is 72.8 Å². The molecule has 12 nitrogen and oxygen atoms in total. The van der Waals surface area contributed by atoms with E-state index < -0.39 is 0 Å². The Labute approximate surface area is 341 Å². The molecule has 0 spiro atoms. The summed E-state index contributed by atoms with van der Waals surface area (Å²) >= 11 is 0. The summed E-state index contributed by atoms with van der Waals surface area (Å²) in [6.45, 7) is 11.6. The van der Waals surface area contributed by atoms with E-state index in [1.807, 2.05) is 84.3 Å². The maximum atomic E-state index is 12.6. The zero-order valence-electron chi connectivity index (χ0n) is 34.8. The molecule has 2 saturated carbocycles. The number of benzene rings is 2. The highest BCUT2D eigenvalue weighted by molar-refractivity contribution is 5.99. The minimum atomic E-state index is -0.133. The molecule has 2 fully saturated rings. The number of nitrogens with one attached hydrogen (secondary N) is 4. The van der Waals surface area contributed by atoms with Crippen molar-refractivity contribution in [1.82, 2.24) is 20.6 Å². The lowest BCUT2D eigenvalue weighted by Crippen LogP contribution is -2.51. The van der Waals surface area contributed by atoms with Crippen LogP contribution in [0.3, 0.4) is 0 Å². The monoisotopic (exact) mass is 784 g/mol.